The zero-order valence-electron chi connectivity index (χ0n) is 15.6. The number of fused-ring (bicyclic) bond motifs is 1. The topological polar surface area (TPSA) is 106 Å². The molecule has 1 aromatic heterocycles. The summed E-state index contributed by atoms with van der Waals surface area (Å²) in [6.07, 6.45) is 2.53. The van der Waals surface area contributed by atoms with E-state index in [1.54, 1.807) is 6.92 Å². The number of anilines is 1. The molecule has 1 atom stereocenters. The third-order valence-electron chi connectivity index (χ3n) is 5.67. The Morgan fingerprint density at radius 3 is 2.52 bits per heavy atom. The van der Waals surface area contributed by atoms with Gasteiger partial charge in [-0.2, -0.15) is 0 Å². The number of carbonyl (C=O) groups is 2. The van der Waals surface area contributed by atoms with E-state index in [0.717, 1.165) is 12.3 Å². The Bertz CT molecular complexity index is 1100. The van der Waals surface area contributed by atoms with Crippen LogP contribution in [0.25, 0.3) is 10.9 Å². The smallest absolute Gasteiger partial charge is 0.341 e. The molecule has 1 unspecified atom stereocenters. The summed E-state index contributed by atoms with van der Waals surface area (Å²) in [5, 5.41) is 8.95. The van der Waals surface area contributed by atoms with Crippen molar-refractivity contribution in [3.63, 3.8) is 0 Å². The molecular formula is C19H20ClF2N3O4. The number of nitrogens with two attached hydrogens (primary N) is 1. The van der Waals surface area contributed by atoms with Crippen LogP contribution < -0.4 is 16.1 Å². The summed E-state index contributed by atoms with van der Waals surface area (Å²) in [7, 11) is 0. The number of carboxylic acids is 1. The second kappa shape index (κ2) is 7.07. The average Bonchev–Trinajstić information content (AvgIpc) is 3.42. The van der Waals surface area contributed by atoms with Gasteiger partial charge in [-0.25, -0.2) is 13.6 Å². The number of Topliss-reactive ketones (excluding diaryl/α,β-unsaturated/α-hetero) is 1. The van der Waals surface area contributed by atoms with Crippen molar-refractivity contribution in [3.8, 4) is 0 Å². The minimum absolute atomic E-state index is 0. The standard InChI is InChI=1S/C19H19F2N3O4.ClH/c1-19(7-22)8-23(6-13(19)25)16-12(20)4-10-15(14(16)21)24(9-2-3-9)5-11(17(10)26)18(27)28;/h4-5,9H,2-3,6-8,22H2,1H3,(H,27,28);1H. The number of halogens is 3. The number of hydrogen-bond donors (Lipinski definition) is 2. The van der Waals surface area contributed by atoms with Crippen molar-refractivity contribution in [1.29, 1.82) is 0 Å². The van der Waals surface area contributed by atoms with E-state index in [2.05, 4.69) is 0 Å². The molecule has 2 fully saturated rings. The number of pyridine rings is 1. The van der Waals surface area contributed by atoms with Crippen molar-refractivity contribution < 1.29 is 23.5 Å². The Balaban J connectivity index is 0.00000240. The number of aromatic nitrogens is 1. The number of rotatable bonds is 4. The number of hydrogen-bond acceptors (Lipinski definition) is 5. The molecule has 3 N–H and O–H groups in total. The van der Waals surface area contributed by atoms with E-state index in [1.807, 2.05) is 0 Å². The van der Waals surface area contributed by atoms with Gasteiger partial charge in [-0.05, 0) is 25.8 Å². The summed E-state index contributed by atoms with van der Waals surface area (Å²) >= 11 is 0. The first-order valence-corrected chi connectivity index (χ1v) is 8.96. The van der Waals surface area contributed by atoms with Crippen LogP contribution in [0.3, 0.4) is 0 Å². The van der Waals surface area contributed by atoms with Gasteiger partial charge in [0.2, 0.25) is 5.43 Å². The van der Waals surface area contributed by atoms with Gasteiger partial charge in [-0.1, -0.05) is 0 Å². The first-order chi connectivity index (χ1) is 13.2. The largest absolute Gasteiger partial charge is 0.477 e. The number of aromatic carboxylic acids is 1. The van der Waals surface area contributed by atoms with Crippen molar-refractivity contribution >= 4 is 40.7 Å². The minimum Gasteiger partial charge on any atom is -0.477 e. The molecule has 0 amide bonds. The summed E-state index contributed by atoms with van der Waals surface area (Å²) in [4.78, 5) is 37.4. The van der Waals surface area contributed by atoms with Gasteiger partial charge in [0, 0.05) is 25.3 Å². The Morgan fingerprint density at radius 1 is 1.34 bits per heavy atom. The van der Waals surface area contributed by atoms with Crippen molar-refractivity contribution in [2.45, 2.75) is 25.8 Å². The minimum atomic E-state index is -1.45. The summed E-state index contributed by atoms with van der Waals surface area (Å²) in [6, 6.07) is 0.716. The van der Waals surface area contributed by atoms with Gasteiger partial charge in [0.15, 0.2) is 11.6 Å². The van der Waals surface area contributed by atoms with Crippen molar-refractivity contribution in [1.82, 2.24) is 4.57 Å². The van der Waals surface area contributed by atoms with Gasteiger partial charge < -0.3 is 20.3 Å². The van der Waals surface area contributed by atoms with E-state index in [9.17, 15) is 23.9 Å². The normalized spacial score (nSPS) is 21.5. The van der Waals surface area contributed by atoms with Crippen LogP contribution in [0.1, 0.15) is 36.2 Å². The first kappa shape index (κ1) is 21.2. The van der Waals surface area contributed by atoms with E-state index in [0.29, 0.717) is 12.8 Å². The van der Waals surface area contributed by atoms with Gasteiger partial charge >= 0.3 is 5.97 Å². The van der Waals surface area contributed by atoms with Crippen LogP contribution in [0.4, 0.5) is 14.5 Å². The molecule has 1 saturated heterocycles. The van der Waals surface area contributed by atoms with E-state index in [-0.39, 0.29) is 54.8 Å². The molecule has 1 aromatic carbocycles. The van der Waals surface area contributed by atoms with Crippen LogP contribution in [0.15, 0.2) is 17.1 Å². The summed E-state index contributed by atoms with van der Waals surface area (Å²) in [5.41, 5.74) is 2.76. The molecule has 29 heavy (non-hydrogen) atoms. The maximum atomic E-state index is 15.5. The molecule has 156 valence electrons. The van der Waals surface area contributed by atoms with Crippen molar-refractivity contribution in [2.75, 3.05) is 24.5 Å². The average molecular weight is 428 g/mol. The zero-order chi connectivity index (χ0) is 20.4. The Morgan fingerprint density at radius 2 is 2.00 bits per heavy atom. The molecule has 0 radical (unpaired) electrons. The molecule has 0 spiro atoms. The number of nitrogens with zero attached hydrogens (tertiary/aromatic N) is 2. The highest BCUT2D eigenvalue weighted by Crippen LogP contribution is 2.40. The lowest BCUT2D eigenvalue weighted by atomic mass is 9.89. The van der Waals surface area contributed by atoms with Gasteiger partial charge in [-0.15, -0.1) is 12.4 Å². The predicted octanol–water partition coefficient (Wildman–Crippen LogP) is 2.09. The predicted molar refractivity (Wildman–Crippen MR) is 105 cm³/mol. The van der Waals surface area contributed by atoms with Gasteiger partial charge in [-0.3, -0.25) is 9.59 Å². The van der Waals surface area contributed by atoms with Crippen LogP contribution in [0.5, 0.6) is 0 Å². The molecule has 0 bridgehead atoms. The lowest BCUT2D eigenvalue weighted by Gasteiger charge is -2.24. The molecule has 2 aromatic rings. The van der Waals surface area contributed by atoms with E-state index < -0.39 is 39.7 Å². The number of benzene rings is 1. The lowest BCUT2D eigenvalue weighted by molar-refractivity contribution is -0.123. The Hall–Kier alpha value is -2.52. The summed E-state index contributed by atoms with van der Waals surface area (Å²) in [6.45, 7) is 1.57. The second-order valence-corrected chi connectivity index (χ2v) is 7.78. The lowest BCUT2D eigenvalue weighted by Crippen LogP contribution is -2.35. The van der Waals surface area contributed by atoms with Gasteiger partial charge in [0.25, 0.3) is 0 Å². The Kier molecular flexibility index (Phi) is 5.17. The second-order valence-electron chi connectivity index (χ2n) is 7.78. The van der Waals surface area contributed by atoms with E-state index in [1.165, 1.54) is 9.47 Å². The summed E-state index contributed by atoms with van der Waals surface area (Å²) in [5.74, 6) is -3.64. The third-order valence-corrected chi connectivity index (χ3v) is 5.67. The number of carbonyl (C=O) groups excluding carboxylic acids is 1. The zero-order valence-corrected chi connectivity index (χ0v) is 16.4. The summed E-state index contributed by atoms with van der Waals surface area (Å²) < 4.78 is 31.8. The first-order valence-electron chi connectivity index (χ1n) is 8.96. The van der Waals surface area contributed by atoms with E-state index >= 15 is 4.39 Å². The van der Waals surface area contributed by atoms with Crippen LogP contribution in [0, 0.1) is 17.0 Å². The quantitative estimate of drug-likeness (QED) is 0.774. The van der Waals surface area contributed by atoms with Crippen molar-refractivity contribution in [3.05, 3.63) is 39.7 Å². The van der Waals surface area contributed by atoms with Gasteiger partial charge in [0.1, 0.15) is 17.1 Å². The van der Waals surface area contributed by atoms with Gasteiger partial charge in [0.05, 0.1) is 22.9 Å². The molecule has 4 rings (SSSR count). The van der Waals surface area contributed by atoms with Crippen LogP contribution in [-0.4, -0.2) is 41.1 Å². The fourth-order valence-corrected chi connectivity index (χ4v) is 3.78. The molecule has 2 aliphatic rings. The van der Waals surface area contributed by atoms with Crippen LogP contribution in [-0.2, 0) is 4.79 Å². The van der Waals surface area contributed by atoms with Crippen LogP contribution in [0.2, 0.25) is 0 Å². The van der Waals surface area contributed by atoms with Crippen molar-refractivity contribution in [2.24, 2.45) is 11.1 Å². The molecule has 1 saturated carbocycles. The number of ketones is 1. The molecule has 7 nitrogen and oxygen atoms in total. The number of carboxylic acid groups (broad SMARTS) is 1. The third kappa shape index (κ3) is 3.18. The molecular weight excluding hydrogens is 408 g/mol. The molecule has 10 heteroatoms. The molecule has 2 heterocycles. The maximum absolute atomic E-state index is 15.5. The highest BCUT2D eigenvalue weighted by molar-refractivity contribution is 5.96. The fourth-order valence-electron chi connectivity index (χ4n) is 3.78. The highest BCUT2D eigenvalue weighted by Gasteiger charge is 2.43. The van der Waals surface area contributed by atoms with E-state index in [4.69, 9.17) is 5.73 Å². The Labute approximate surface area is 170 Å². The van der Waals surface area contributed by atoms with Crippen LogP contribution >= 0.6 is 12.4 Å². The molecule has 1 aliphatic carbocycles. The SMILES string of the molecule is CC1(CN)CN(c2c(F)cc3c(=O)c(C(=O)O)cn(C4CC4)c3c2F)CC1=O.Cl. The maximum Gasteiger partial charge on any atom is 0.341 e. The molecule has 1 aliphatic heterocycles. The fraction of sp³-hybridized carbons (Fsp3) is 0.421. The highest BCUT2D eigenvalue weighted by atomic mass is 35.5. The monoisotopic (exact) mass is 427 g/mol.